The van der Waals surface area contributed by atoms with E-state index >= 15 is 0 Å². The van der Waals surface area contributed by atoms with Crippen LogP contribution in [0, 0.1) is 10.1 Å². The van der Waals surface area contributed by atoms with E-state index in [2.05, 4.69) is 0 Å². The molecule has 118 valence electrons. The second-order valence-electron chi connectivity index (χ2n) is 4.53. The molecular formula is C12H18N2O6S. The molecule has 0 amide bonds. The predicted octanol–water partition coefficient (Wildman–Crippen LogP) is 0.995. The average Bonchev–Trinajstić information content (AvgIpc) is 2.43. The summed E-state index contributed by atoms with van der Waals surface area (Å²) < 4.78 is 31.3. The number of benzene rings is 1. The van der Waals surface area contributed by atoms with E-state index in [9.17, 15) is 18.5 Å². The normalized spacial score (nSPS) is 11.9. The molecule has 0 fully saturated rings. The highest BCUT2D eigenvalue weighted by molar-refractivity contribution is 7.89. The van der Waals surface area contributed by atoms with Gasteiger partial charge in [-0.05, 0) is 19.9 Å². The van der Waals surface area contributed by atoms with Crippen LogP contribution in [-0.2, 0) is 10.0 Å². The van der Waals surface area contributed by atoms with E-state index in [1.807, 2.05) is 0 Å². The van der Waals surface area contributed by atoms with Crippen LogP contribution in [0.25, 0.3) is 0 Å². The van der Waals surface area contributed by atoms with Crippen molar-refractivity contribution in [1.82, 2.24) is 4.31 Å². The zero-order chi connectivity index (χ0) is 16.2. The molecule has 9 heteroatoms. The maximum Gasteiger partial charge on any atom is 0.271 e. The molecule has 0 bridgehead atoms. The van der Waals surface area contributed by atoms with Crippen molar-refractivity contribution in [2.75, 3.05) is 20.3 Å². The maximum absolute atomic E-state index is 12.6. The maximum atomic E-state index is 12.6. The number of aliphatic hydroxyl groups excluding tert-OH is 1. The van der Waals surface area contributed by atoms with E-state index in [0.717, 1.165) is 10.4 Å². The Morgan fingerprint density at radius 3 is 2.48 bits per heavy atom. The van der Waals surface area contributed by atoms with Gasteiger partial charge in [0.1, 0.15) is 10.6 Å². The fourth-order valence-electron chi connectivity index (χ4n) is 1.86. The third-order valence-corrected chi connectivity index (χ3v) is 4.94. The number of rotatable bonds is 7. The van der Waals surface area contributed by atoms with E-state index in [1.54, 1.807) is 13.8 Å². The van der Waals surface area contributed by atoms with Crippen LogP contribution in [0.4, 0.5) is 5.69 Å². The van der Waals surface area contributed by atoms with Crippen molar-refractivity contribution in [3.63, 3.8) is 0 Å². The van der Waals surface area contributed by atoms with Crippen molar-refractivity contribution in [2.45, 2.75) is 24.8 Å². The van der Waals surface area contributed by atoms with E-state index in [0.29, 0.717) is 0 Å². The van der Waals surface area contributed by atoms with Gasteiger partial charge < -0.3 is 9.84 Å². The summed E-state index contributed by atoms with van der Waals surface area (Å²) >= 11 is 0. The van der Waals surface area contributed by atoms with Crippen LogP contribution in [0.5, 0.6) is 5.75 Å². The quantitative estimate of drug-likeness (QED) is 0.593. The van der Waals surface area contributed by atoms with Gasteiger partial charge in [-0.15, -0.1) is 0 Å². The number of ether oxygens (including phenoxy) is 1. The summed E-state index contributed by atoms with van der Waals surface area (Å²) in [4.78, 5) is 9.86. The monoisotopic (exact) mass is 318 g/mol. The minimum atomic E-state index is -4.02. The molecule has 0 saturated carbocycles. The third kappa shape index (κ3) is 3.69. The molecule has 0 aliphatic heterocycles. The Hall–Kier alpha value is -1.71. The summed E-state index contributed by atoms with van der Waals surface area (Å²) in [5, 5.41) is 19.8. The van der Waals surface area contributed by atoms with Gasteiger partial charge in [-0.25, -0.2) is 8.42 Å². The minimum Gasteiger partial charge on any atom is -0.495 e. The number of hydrogen-bond donors (Lipinski definition) is 1. The lowest BCUT2D eigenvalue weighted by Gasteiger charge is -2.25. The van der Waals surface area contributed by atoms with E-state index in [1.165, 1.54) is 19.2 Å². The van der Waals surface area contributed by atoms with Crippen LogP contribution in [-0.4, -0.2) is 49.1 Å². The van der Waals surface area contributed by atoms with E-state index in [4.69, 9.17) is 9.84 Å². The molecule has 0 aliphatic carbocycles. The van der Waals surface area contributed by atoms with Crippen molar-refractivity contribution in [3.8, 4) is 5.75 Å². The number of hydrogen-bond acceptors (Lipinski definition) is 6. The Labute approximate surface area is 123 Å². The van der Waals surface area contributed by atoms with Crippen LogP contribution in [0.15, 0.2) is 23.1 Å². The van der Waals surface area contributed by atoms with Gasteiger partial charge in [-0.1, -0.05) is 0 Å². The molecule has 8 nitrogen and oxygen atoms in total. The summed E-state index contributed by atoms with van der Waals surface area (Å²) in [5.41, 5.74) is -0.345. The molecule has 1 aromatic carbocycles. The highest BCUT2D eigenvalue weighted by Crippen LogP contribution is 2.31. The van der Waals surface area contributed by atoms with Gasteiger partial charge in [0.05, 0.1) is 18.6 Å². The lowest BCUT2D eigenvalue weighted by atomic mass is 10.3. The highest BCUT2D eigenvalue weighted by Gasteiger charge is 2.31. The number of nitrogens with zero attached hydrogens (tertiary/aromatic N) is 2. The smallest absolute Gasteiger partial charge is 0.271 e. The number of nitro benzene ring substituents is 1. The van der Waals surface area contributed by atoms with Crippen LogP contribution in [0.3, 0.4) is 0 Å². The number of methoxy groups -OCH3 is 1. The number of nitro groups is 1. The number of sulfonamides is 1. The summed E-state index contributed by atoms with van der Waals surface area (Å²) in [7, 11) is -2.73. The van der Waals surface area contributed by atoms with Crippen molar-refractivity contribution in [1.29, 1.82) is 0 Å². The molecule has 0 aliphatic rings. The van der Waals surface area contributed by atoms with Crippen molar-refractivity contribution in [3.05, 3.63) is 28.3 Å². The lowest BCUT2D eigenvalue weighted by molar-refractivity contribution is -0.385. The fraction of sp³-hybridized carbons (Fsp3) is 0.500. The first-order chi connectivity index (χ1) is 9.75. The van der Waals surface area contributed by atoms with Gasteiger partial charge in [-0.3, -0.25) is 10.1 Å². The molecule has 0 radical (unpaired) electrons. The van der Waals surface area contributed by atoms with Crippen LogP contribution in [0.1, 0.15) is 13.8 Å². The molecular weight excluding hydrogens is 300 g/mol. The van der Waals surface area contributed by atoms with Crippen LogP contribution in [0.2, 0.25) is 0 Å². The van der Waals surface area contributed by atoms with Crippen LogP contribution >= 0.6 is 0 Å². The third-order valence-electron chi connectivity index (χ3n) is 2.84. The van der Waals surface area contributed by atoms with Gasteiger partial charge in [0.15, 0.2) is 0 Å². The summed E-state index contributed by atoms with van der Waals surface area (Å²) in [6.07, 6.45) is 0. The summed E-state index contributed by atoms with van der Waals surface area (Å²) in [6.45, 7) is 2.84. The Kier molecular flexibility index (Phi) is 5.64. The zero-order valence-electron chi connectivity index (χ0n) is 12.0. The first kappa shape index (κ1) is 17.3. The SMILES string of the molecule is COc1ccc([N+](=O)[O-])cc1S(=O)(=O)N(CCO)C(C)C. The largest absolute Gasteiger partial charge is 0.495 e. The number of aliphatic hydroxyl groups is 1. The first-order valence-electron chi connectivity index (χ1n) is 6.20. The first-order valence-corrected chi connectivity index (χ1v) is 7.64. The summed E-state index contributed by atoms with van der Waals surface area (Å²) in [6, 6.07) is 2.96. The minimum absolute atomic E-state index is 0.0178. The van der Waals surface area contributed by atoms with Gasteiger partial charge in [0.25, 0.3) is 5.69 Å². The molecule has 1 rings (SSSR count). The van der Waals surface area contributed by atoms with Gasteiger partial charge >= 0.3 is 0 Å². The molecule has 0 heterocycles. The van der Waals surface area contributed by atoms with Gasteiger partial charge in [0, 0.05) is 24.7 Å². The Bertz CT molecular complexity index is 614. The Morgan fingerprint density at radius 1 is 1.43 bits per heavy atom. The van der Waals surface area contributed by atoms with Crippen LogP contribution < -0.4 is 4.74 Å². The highest BCUT2D eigenvalue weighted by atomic mass is 32.2. The summed E-state index contributed by atoms with van der Waals surface area (Å²) in [5.74, 6) is 0.0178. The van der Waals surface area contributed by atoms with Crippen molar-refractivity contribution < 1.29 is 23.2 Å². The second-order valence-corrected chi connectivity index (χ2v) is 6.38. The zero-order valence-corrected chi connectivity index (χ0v) is 12.8. The molecule has 21 heavy (non-hydrogen) atoms. The molecule has 0 spiro atoms. The molecule has 0 unspecified atom stereocenters. The van der Waals surface area contributed by atoms with E-state index in [-0.39, 0.29) is 29.5 Å². The fourth-order valence-corrected chi connectivity index (χ4v) is 3.67. The lowest BCUT2D eigenvalue weighted by Crippen LogP contribution is -2.39. The predicted molar refractivity (Wildman–Crippen MR) is 75.8 cm³/mol. The van der Waals surface area contributed by atoms with E-state index < -0.39 is 21.0 Å². The topological polar surface area (TPSA) is 110 Å². The van der Waals surface area contributed by atoms with Gasteiger partial charge in [-0.2, -0.15) is 4.31 Å². The standard InChI is InChI=1S/C12H18N2O6S/c1-9(2)13(6-7-15)21(18,19)12-8-10(14(16)17)4-5-11(12)20-3/h4-5,8-9,15H,6-7H2,1-3H3. The Balaban J connectivity index is 3.47. The molecule has 0 aromatic heterocycles. The molecule has 0 saturated heterocycles. The Morgan fingerprint density at radius 2 is 2.05 bits per heavy atom. The van der Waals surface area contributed by atoms with Gasteiger partial charge in [0.2, 0.25) is 10.0 Å². The second kappa shape index (κ2) is 6.83. The average molecular weight is 318 g/mol. The number of non-ortho nitro benzene ring substituents is 1. The van der Waals surface area contributed by atoms with Crippen molar-refractivity contribution >= 4 is 15.7 Å². The molecule has 1 N–H and O–H groups in total. The molecule has 1 aromatic rings. The molecule has 0 atom stereocenters. The van der Waals surface area contributed by atoms with Crippen molar-refractivity contribution in [2.24, 2.45) is 0 Å².